The smallest absolute Gasteiger partial charge is 0.227 e. The summed E-state index contributed by atoms with van der Waals surface area (Å²) in [5.41, 5.74) is 1.81. The minimum atomic E-state index is -0.531. The molecule has 0 aliphatic carbocycles. The van der Waals surface area contributed by atoms with E-state index in [2.05, 4.69) is 41.4 Å². The fourth-order valence-electron chi connectivity index (χ4n) is 3.94. The number of halogens is 2. The third-order valence-electron chi connectivity index (χ3n) is 5.74. The van der Waals surface area contributed by atoms with Crippen molar-refractivity contribution in [3.63, 3.8) is 0 Å². The molecule has 1 saturated heterocycles. The van der Waals surface area contributed by atoms with Crippen molar-refractivity contribution in [1.82, 2.24) is 10.2 Å². The summed E-state index contributed by atoms with van der Waals surface area (Å²) in [6, 6.07) is 14.6. The molecule has 3 rings (SSSR count). The van der Waals surface area contributed by atoms with E-state index in [1.807, 2.05) is 6.07 Å². The topological polar surface area (TPSA) is 52.7 Å². The van der Waals surface area contributed by atoms with Crippen LogP contribution in [0.15, 0.2) is 48.5 Å². The third-order valence-corrected chi connectivity index (χ3v) is 6.03. The van der Waals surface area contributed by atoms with Crippen LogP contribution in [0.4, 0.5) is 10.1 Å². The summed E-state index contributed by atoms with van der Waals surface area (Å²) < 4.78 is 13.4. The van der Waals surface area contributed by atoms with Gasteiger partial charge in [-0.15, -0.1) is 0 Å². The predicted molar refractivity (Wildman–Crippen MR) is 126 cm³/mol. The second kappa shape index (κ2) is 12.0. The molecule has 7 heteroatoms. The van der Waals surface area contributed by atoms with Gasteiger partial charge in [0.05, 0.1) is 10.9 Å². The second-order valence-electron chi connectivity index (χ2n) is 8.26. The molecule has 0 aromatic heterocycles. The number of unbranched alkanes of at least 4 members (excludes halogenated alkanes) is 1. The highest BCUT2D eigenvalue weighted by atomic mass is 35.5. The van der Waals surface area contributed by atoms with Crippen molar-refractivity contribution in [1.29, 1.82) is 0 Å². The molecule has 1 aliphatic heterocycles. The van der Waals surface area contributed by atoms with Gasteiger partial charge in [-0.25, -0.2) is 4.39 Å². The van der Waals surface area contributed by atoms with E-state index in [0.717, 1.165) is 38.9 Å². The first-order chi connectivity index (χ1) is 15.5. The molecule has 1 N–H and O–H groups in total. The van der Waals surface area contributed by atoms with Gasteiger partial charge in [-0.05, 0) is 43.1 Å². The average molecular weight is 460 g/mol. The van der Waals surface area contributed by atoms with Crippen LogP contribution in [0.1, 0.15) is 38.2 Å². The molecule has 0 saturated carbocycles. The molecule has 32 heavy (non-hydrogen) atoms. The molecule has 0 bridgehead atoms. The normalized spacial score (nSPS) is 16.1. The van der Waals surface area contributed by atoms with Crippen molar-refractivity contribution in [3.05, 3.63) is 64.9 Å². The molecule has 1 heterocycles. The molecule has 2 aromatic rings. The van der Waals surface area contributed by atoms with Crippen LogP contribution in [0.5, 0.6) is 0 Å². The molecule has 0 unspecified atom stereocenters. The zero-order valence-corrected chi connectivity index (χ0v) is 19.3. The van der Waals surface area contributed by atoms with E-state index in [4.69, 9.17) is 11.6 Å². The van der Waals surface area contributed by atoms with Crippen LogP contribution in [0.25, 0.3) is 0 Å². The average Bonchev–Trinajstić information content (AvgIpc) is 3.19. The van der Waals surface area contributed by atoms with Gasteiger partial charge in [0.15, 0.2) is 0 Å². The first-order valence-corrected chi connectivity index (χ1v) is 11.6. The summed E-state index contributed by atoms with van der Waals surface area (Å²) in [7, 11) is 0. The quantitative estimate of drug-likeness (QED) is 0.498. The highest BCUT2D eigenvalue weighted by molar-refractivity contribution is 6.31. The van der Waals surface area contributed by atoms with E-state index in [1.165, 1.54) is 28.7 Å². The van der Waals surface area contributed by atoms with Gasteiger partial charge in [-0.1, -0.05) is 55.3 Å². The van der Waals surface area contributed by atoms with Gasteiger partial charge in [0.25, 0.3) is 0 Å². The lowest BCUT2D eigenvalue weighted by atomic mass is 10.1. The number of hydrogen-bond acceptors (Lipinski definition) is 3. The Bertz CT molecular complexity index is 909. The third kappa shape index (κ3) is 6.78. The number of carbonyl (C=O) groups excluding carboxylic acids is 2. The van der Waals surface area contributed by atoms with Crippen molar-refractivity contribution in [2.75, 3.05) is 31.1 Å². The van der Waals surface area contributed by atoms with Crippen LogP contribution in [0.2, 0.25) is 5.02 Å². The first-order valence-electron chi connectivity index (χ1n) is 11.3. The van der Waals surface area contributed by atoms with Crippen LogP contribution in [-0.4, -0.2) is 42.9 Å². The van der Waals surface area contributed by atoms with E-state index >= 15 is 0 Å². The number of nitrogens with zero attached hydrogens (tertiary/aromatic N) is 2. The maximum atomic E-state index is 13.4. The lowest BCUT2D eigenvalue weighted by molar-refractivity contribution is -0.126. The van der Waals surface area contributed by atoms with Gasteiger partial charge in [0, 0.05) is 38.3 Å². The largest absolute Gasteiger partial charge is 0.356 e. The molecule has 0 radical (unpaired) electrons. The molecule has 0 spiro atoms. The zero-order chi connectivity index (χ0) is 22.9. The lowest BCUT2D eigenvalue weighted by Gasteiger charge is -2.22. The highest BCUT2D eigenvalue weighted by Crippen LogP contribution is 2.28. The molecule has 2 amide bonds. The van der Waals surface area contributed by atoms with Crippen molar-refractivity contribution in [3.8, 4) is 0 Å². The monoisotopic (exact) mass is 459 g/mol. The maximum Gasteiger partial charge on any atom is 0.227 e. The van der Waals surface area contributed by atoms with E-state index < -0.39 is 11.7 Å². The van der Waals surface area contributed by atoms with Crippen LogP contribution >= 0.6 is 11.6 Å². The molecule has 1 atom stereocenters. The van der Waals surface area contributed by atoms with Gasteiger partial charge in [0.2, 0.25) is 11.8 Å². The number of benzene rings is 2. The SMILES string of the molecule is CCCCN(CCCNC(=O)[C@@H]1CC(=O)N(c2ccc(F)c(Cl)c2)C1)Cc1ccccc1. The fourth-order valence-corrected chi connectivity index (χ4v) is 4.11. The minimum Gasteiger partial charge on any atom is -0.356 e. The van der Waals surface area contributed by atoms with E-state index in [0.29, 0.717) is 12.2 Å². The summed E-state index contributed by atoms with van der Waals surface area (Å²) in [6.07, 6.45) is 3.29. The number of anilines is 1. The summed E-state index contributed by atoms with van der Waals surface area (Å²) in [6.45, 7) is 5.88. The second-order valence-corrected chi connectivity index (χ2v) is 8.67. The molecular formula is C25H31ClFN3O2. The number of hydrogen-bond donors (Lipinski definition) is 1. The number of nitrogens with one attached hydrogen (secondary N) is 1. The first kappa shape index (κ1) is 24.2. The zero-order valence-electron chi connectivity index (χ0n) is 18.5. The summed E-state index contributed by atoms with van der Waals surface area (Å²) in [5.74, 6) is -1.21. The van der Waals surface area contributed by atoms with Gasteiger partial charge in [-0.3, -0.25) is 14.5 Å². The number of amides is 2. The number of rotatable bonds is 11. The van der Waals surface area contributed by atoms with Gasteiger partial charge < -0.3 is 10.2 Å². The summed E-state index contributed by atoms with van der Waals surface area (Å²) in [5, 5.41) is 2.95. The van der Waals surface area contributed by atoms with E-state index in [9.17, 15) is 14.0 Å². The lowest BCUT2D eigenvalue weighted by Crippen LogP contribution is -2.35. The molecule has 5 nitrogen and oxygen atoms in total. The Kier molecular flexibility index (Phi) is 9.06. The van der Waals surface area contributed by atoms with Crippen molar-refractivity contribution in [2.24, 2.45) is 5.92 Å². The summed E-state index contributed by atoms with van der Waals surface area (Å²) >= 11 is 5.84. The molecule has 172 valence electrons. The van der Waals surface area contributed by atoms with Crippen LogP contribution in [-0.2, 0) is 16.1 Å². The van der Waals surface area contributed by atoms with Crippen molar-refractivity contribution in [2.45, 2.75) is 39.2 Å². The maximum absolute atomic E-state index is 13.4. The molecule has 1 fully saturated rings. The van der Waals surface area contributed by atoms with Gasteiger partial charge in [-0.2, -0.15) is 0 Å². The Hall–Kier alpha value is -2.44. The Morgan fingerprint density at radius 3 is 2.66 bits per heavy atom. The molecule has 2 aromatic carbocycles. The van der Waals surface area contributed by atoms with Gasteiger partial charge in [0.1, 0.15) is 5.82 Å². The van der Waals surface area contributed by atoms with Crippen molar-refractivity contribution >= 4 is 29.1 Å². The van der Waals surface area contributed by atoms with Crippen LogP contribution in [0.3, 0.4) is 0 Å². The Labute approximate surface area is 194 Å². The Morgan fingerprint density at radius 2 is 1.94 bits per heavy atom. The van der Waals surface area contributed by atoms with Gasteiger partial charge >= 0.3 is 0 Å². The number of carbonyl (C=O) groups is 2. The van der Waals surface area contributed by atoms with Crippen molar-refractivity contribution < 1.29 is 14.0 Å². The molecular weight excluding hydrogens is 429 g/mol. The van der Waals surface area contributed by atoms with Crippen LogP contribution in [0, 0.1) is 11.7 Å². The minimum absolute atomic E-state index is 0.0358. The standard InChI is InChI=1S/C25H31ClFN3O2/c1-2-3-13-29(17-19-8-5-4-6-9-19)14-7-12-28-25(32)20-15-24(31)30(18-20)21-10-11-23(27)22(26)16-21/h4-6,8-11,16,20H,2-3,7,12-15,17-18H2,1H3,(H,28,32)/t20-/m1/s1. The van der Waals surface area contributed by atoms with E-state index in [-0.39, 0.29) is 29.8 Å². The molecule has 1 aliphatic rings. The van der Waals surface area contributed by atoms with E-state index in [1.54, 1.807) is 0 Å². The highest BCUT2D eigenvalue weighted by Gasteiger charge is 2.35. The summed E-state index contributed by atoms with van der Waals surface area (Å²) in [4.78, 5) is 28.9. The van der Waals surface area contributed by atoms with Crippen LogP contribution < -0.4 is 10.2 Å². The predicted octanol–water partition coefficient (Wildman–Crippen LogP) is 4.64. The Balaban J connectivity index is 1.45. The Morgan fingerprint density at radius 1 is 1.19 bits per heavy atom. The fraction of sp³-hybridized carbons (Fsp3) is 0.440.